The molecule has 146 valence electrons. The molecule has 5 rings (SSSR count). The van der Waals surface area contributed by atoms with E-state index in [2.05, 4.69) is 40.8 Å². The van der Waals surface area contributed by atoms with Crippen LogP contribution in [0, 0.1) is 11.7 Å². The van der Waals surface area contributed by atoms with Crippen molar-refractivity contribution in [1.82, 2.24) is 9.47 Å². The second-order valence-corrected chi connectivity index (χ2v) is 8.60. The molecule has 28 heavy (non-hydrogen) atoms. The lowest BCUT2D eigenvalue weighted by molar-refractivity contribution is 0.0985. The summed E-state index contributed by atoms with van der Waals surface area (Å²) in [5.41, 5.74) is 4.83. The minimum absolute atomic E-state index is 0.0761. The lowest BCUT2D eigenvalue weighted by Crippen LogP contribution is -2.53. The van der Waals surface area contributed by atoms with Gasteiger partial charge in [-0.3, -0.25) is 0 Å². The molecule has 0 spiro atoms. The largest absolute Gasteiger partial charge is 0.497 e. The Bertz CT molecular complexity index is 1060. The van der Waals surface area contributed by atoms with Crippen molar-refractivity contribution in [2.45, 2.75) is 24.7 Å². The molecule has 1 fully saturated rings. The summed E-state index contributed by atoms with van der Waals surface area (Å²) >= 11 is 0. The molecule has 1 aliphatic carbocycles. The van der Waals surface area contributed by atoms with E-state index in [0.29, 0.717) is 5.92 Å². The lowest BCUT2D eigenvalue weighted by Gasteiger charge is -2.50. The highest BCUT2D eigenvalue weighted by Gasteiger charge is 2.48. The Kier molecular flexibility index (Phi) is 4.02. The number of fused-ring (bicyclic) bond motifs is 4. The van der Waals surface area contributed by atoms with Gasteiger partial charge in [-0.05, 0) is 68.1 Å². The minimum Gasteiger partial charge on any atom is -0.497 e. The molecule has 0 N–H and O–H groups in total. The SMILES string of the molecule is COc1cccc(C23CCN(C)CC2Cc2c(n(C)c4c(F)cccc24)C3)c1. The van der Waals surface area contributed by atoms with E-state index >= 15 is 0 Å². The molecule has 1 aliphatic heterocycles. The molecule has 3 aromatic rings. The van der Waals surface area contributed by atoms with E-state index in [1.807, 2.05) is 19.2 Å². The van der Waals surface area contributed by atoms with Gasteiger partial charge in [-0.25, -0.2) is 4.39 Å². The van der Waals surface area contributed by atoms with Crippen LogP contribution in [0.2, 0.25) is 0 Å². The summed E-state index contributed by atoms with van der Waals surface area (Å²) in [6, 6.07) is 14.1. The lowest BCUT2D eigenvalue weighted by atomic mass is 9.59. The first-order chi connectivity index (χ1) is 13.5. The second kappa shape index (κ2) is 6.35. The number of benzene rings is 2. The van der Waals surface area contributed by atoms with Gasteiger partial charge in [-0.1, -0.05) is 24.3 Å². The zero-order valence-corrected chi connectivity index (χ0v) is 16.8. The predicted molar refractivity (Wildman–Crippen MR) is 111 cm³/mol. The van der Waals surface area contributed by atoms with E-state index in [9.17, 15) is 4.39 Å². The zero-order chi connectivity index (χ0) is 19.5. The van der Waals surface area contributed by atoms with Crippen molar-refractivity contribution in [3.05, 3.63) is 65.1 Å². The summed E-state index contributed by atoms with van der Waals surface area (Å²) in [4.78, 5) is 2.44. The third kappa shape index (κ3) is 2.44. The van der Waals surface area contributed by atoms with Crippen LogP contribution < -0.4 is 4.74 Å². The maximum atomic E-state index is 14.6. The predicted octanol–water partition coefficient (Wildman–Crippen LogP) is 4.31. The molecule has 1 aromatic heterocycles. The number of hydrogen-bond acceptors (Lipinski definition) is 2. The van der Waals surface area contributed by atoms with Gasteiger partial charge in [0.1, 0.15) is 11.6 Å². The number of likely N-dealkylation sites (tertiary alicyclic amines) is 1. The summed E-state index contributed by atoms with van der Waals surface area (Å²) in [6.07, 6.45) is 3.07. The highest BCUT2D eigenvalue weighted by molar-refractivity contribution is 5.86. The second-order valence-electron chi connectivity index (χ2n) is 8.60. The van der Waals surface area contributed by atoms with Crippen molar-refractivity contribution in [3.63, 3.8) is 0 Å². The molecule has 4 heteroatoms. The van der Waals surface area contributed by atoms with Crippen molar-refractivity contribution in [1.29, 1.82) is 0 Å². The quantitative estimate of drug-likeness (QED) is 0.661. The number of rotatable bonds is 2. The third-order valence-corrected chi connectivity index (χ3v) is 7.23. The average Bonchev–Trinajstić information content (AvgIpc) is 2.99. The van der Waals surface area contributed by atoms with Crippen molar-refractivity contribution in [3.8, 4) is 5.75 Å². The Hall–Kier alpha value is -2.33. The molecule has 2 unspecified atom stereocenters. The number of para-hydroxylation sites is 1. The maximum absolute atomic E-state index is 14.6. The van der Waals surface area contributed by atoms with Gasteiger partial charge in [0.05, 0.1) is 12.6 Å². The molecule has 0 radical (unpaired) electrons. The van der Waals surface area contributed by atoms with E-state index < -0.39 is 0 Å². The van der Waals surface area contributed by atoms with Crippen LogP contribution in [-0.2, 0) is 25.3 Å². The molecule has 2 atom stereocenters. The Morgan fingerprint density at radius 1 is 1.14 bits per heavy atom. The van der Waals surface area contributed by atoms with Crippen LogP contribution in [0.3, 0.4) is 0 Å². The Morgan fingerprint density at radius 2 is 1.96 bits per heavy atom. The third-order valence-electron chi connectivity index (χ3n) is 7.23. The first-order valence-corrected chi connectivity index (χ1v) is 10.1. The van der Waals surface area contributed by atoms with Gasteiger partial charge in [-0.2, -0.15) is 0 Å². The van der Waals surface area contributed by atoms with E-state index in [0.717, 1.165) is 49.0 Å². The molecule has 3 nitrogen and oxygen atoms in total. The fourth-order valence-corrected chi connectivity index (χ4v) is 5.74. The number of methoxy groups -OCH3 is 1. The topological polar surface area (TPSA) is 17.4 Å². The van der Waals surface area contributed by atoms with E-state index in [1.165, 1.54) is 16.8 Å². The van der Waals surface area contributed by atoms with Crippen LogP contribution >= 0.6 is 0 Å². The van der Waals surface area contributed by atoms with Crippen LogP contribution in [0.5, 0.6) is 5.75 Å². The Balaban J connectivity index is 1.71. The fraction of sp³-hybridized carbons (Fsp3) is 0.417. The van der Waals surface area contributed by atoms with Crippen LogP contribution in [0.25, 0.3) is 10.9 Å². The van der Waals surface area contributed by atoms with Gasteiger partial charge in [0, 0.05) is 30.1 Å². The van der Waals surface area contributed by atoms with Crippen molar-refractivity contribution >= 4 is 10.9 Å². The smallest absolute Gasteiger partial charge is 0.147 e. The number of nitrogens with zero attached hydrogens (tertiary/aromatic N) is 2. The van der Waals surface area contributed by atoms with Crippen LogP contribution in [-0.4, -0.2) is 36.7 Å². The highest BCUT2D eigenvalue weighted by Crippen LogP contribution is 2.50. The summed E-state index contributed by atoms with van der Waals surface area (Å²) in [7, 11) is 5.97. The normalized spacial score (nSPS) is 24.8. The van der Waals surface area contributed by atoms with Gasteiger partial charge >= 0.3 is 0 Å². The monoisotopic (exact) mass is 378 g/mol. The number of aryl methyl sites for hydroxylation is 1. The zero-order valence-electron chi connectivity index (χ0n) is 16.8. The number of piperidine rings is 1. The van der Waals surface area contributed by atoms with Crippen LogP contribution in [0.15, 0.2) is 42.5 Å². The van der Waals surface area contributed by atoms with Gasteiger partial charge in [0.2, 0.25) is 0 Å². The summed E-state index contributed by atoms with van der Waals surface area (Å²) < 4.78 is 22.3. The van der Waals surface area contributed by atoms with Gasteiger partial charge in [0.25, 0.3) is 0 Å². The minimum atomic E-state index is -0.120. The van der Waals surface area contributed by atoms with Crippen molar-refractivity contribution in [2.75, 3.05) is 27.2 Å². The average molecular weight is 378 g/mol. The summed E-state index contributed by atoms with van der Waals surface area (Å²) in [5, 5.41) is 1.09. The van der Waals surface area contributed by atoms with Gasteiger partial charge in [-0.15, -0.1) is 0 Å². The molecule has 0 amide bonds. The van der Waals surface area contributed by atoms with Gasteiger partial charge < -0.3 is 14.2 Å². The first kappa shape index (κ1) is 17.7. The molecule has 2 aromatic carbocycles. The first-order valence-electron chi connectivity index (χ1n) is 10.1. The number of hydrogen-bond donors (Lipinski definition) is 0. The molecule has 2 aliphatic rings. The van der Waals surface area contributed by atoms with Crippen LogP contribution in [0.1, 0.15) is 23.2 Å². The van der Waals surface area contributed by atoms with E-state index in [4.69, 9.17) is 4.74 Å². The number of ether oxygens (including phenoxy) is 1. The molecule has 1 saturated heterocycles. The highest BCUT2D eigenvalue weighted by atomic mass is 19.1. The fourth-order valence-electron chi connectivity index (χ4n) is 5.74. The molecular weight excluding hydrogens is 351 g/mol. The maximum Gasteiger partial charge on any atom is 0.147 e. The standard InChI is InChI=1S/C24H27FN2O/c1-26-11-10-24(16-6-4-7-18(12-16)28-3)14-22-20(13-17(24)15-26)19-8-5-9-21(25)23(19)27(22)2/h4-9,12,17H,10-11,13-15H2,1-3H3. The molecule has 0 saturated carbocycles. The summed E-state index contributed by atoms with van der Waals surface area (Å²) in [6.45, 7) is 2.16. The molecule has 0 bridgehead atoms. The van der Waals surface area contributed by atoms with Crippen LogP contribution in [0.4, 0.5) is 4.39 Å². The van der Waals surface area contributed by atoms with Crippen molar-refractivity contribution < 1.29 is 9.13 Å². The summed E-state index contributed by atoms with van der Waals surface area (Å²) in [5.74, 6) is 1.31. The van der Waals surface area contributed by atoms with E-state index in [-0.39, 0.29) is 11.2 Å². The number of halogens is 1. The number of aromatic nitrogens is 1. The Morgan fingerprint density at radius 3 is 2.79 bits per heavy atom. The van der Waals surface area contributed by atoms with Gasteiger partial charge in [0.15, 0.2) is 0 Å². The van der Waals surface area contributed by atoms with Crippen molar-refractivity contribution in [2.24, 2.45) is 13.0 Å². The Labute approximate surface area is 165 Å². The molecule has 2 heterocycles. The van der Waals surface area contributed by atoms with E-state index in [1.54, 1.807) is 13.2 Å². The molecular formula is C24H27FN2O.